The van der Waals surface area contributed by atoms with Crippen LogP contribution in [0.4, 0.5) is 5.69 Å². The van der Waals surface area contributed by atoms with Crippen LogP contribution in [-0.4, -0.2) is 28.9 Å². The fraction of sp³-hybridized carbons (Fsp3) is 0.185. The van der Waals surface area contributed by atoms with Crippen LogP contribution in [-0.2, 0) is 0 Å². The van der Waals surface area contributed by atoms with E-state index >= 15 is 0 Å². The van der Waals surface area contributed by atoms with E-state index in [9.17, 15) is 0 Å². The van der Waals surface area contributed by atoms with Gasteiger partial charge < -0.3 is 24.3 Å². The van der Waals surface area contributed by atoms with Crippen molar-refractivity contribution in [1.82, 2.24) is 14.9 Å². The first-order chi connectivity index (χ1) is 16.6. The summed E-state index contributed by atoms with van der Waals surface area (Å²) < 4.78 is 13.4. The predicted octanol–water partition coefficient (Wildman–Crippen LogP) is 5.38. The summed E-state index contributed by atoms with van der Waals surface area (Å²) >= 11 is 5.89. The molecule has 0 spiro atoms. The lowest BCUT2D eigenvalue weighted by Gasteiger charge is -2.30. The Kier molecular flexibility index (Phi) is 5.94. The van der Waals surface area contributed by atoms with E-state index in [-0.39, 0.29) is 12.1 Å². The van der Waals surface area contributed by atoms with E-state index in [4.69, 9.17) is 21.7 Å². The molecule has 5 rings (SSSR count). The molecule has 2 aromatic carbocycles. The smallest absolute Gasteiger partial charge is 0.174 e. The Morgan fingerprint density at radius 1 is 0.941 bits per heavy atom. The fourth-order valence-electron chi connectivity index (χ4n) is 4.55. The molecule has 2 aromatic heterocycles. The van der Waals surface area contributed by atoms with Gasteiger partial charge in [-0.2, -0.15) is 0 Å². The quantitative estimate of drug-likeness (QED) is 0.382. The standard InChI is InChI=1S/C27H26N4O2S/c1-18-8-6-9-19(16-18)30-15-7-11-23(30)26-25(21-10-4-5-14-28-21)29-27(34)31(26)22-13-12-20(32-2)17-24(22)33-3/h4-17,25-26H,1-3H3,(H,29,34). The summed E-state index contributed by atoms with van der Waals surface area (Å²) in [5, 5.41) is 4.13. The maximum atomic E-state index is 5.89. The van der Waals surface area contributed by atoms with Crippen LogP contribution in [0.25, 0.3) is 5.69 Å². The molecule has 34 heavy (non-hydrogen) atoms. The third-order valence-corrected chi connectivity index (χ3v) is 6.42. The van der Waals surface area contributed by atoms with Crippen LogP contribution < -0.4 is 19.7 Å². The molecule has 1 N–H and O–H groups in total. The molecule has 4 aromatic rings. The highest BCUT2D eigenvalue weighted by Gasteiger charge is 2.43. The Morgan fingerprint density at radius 2 is 1.82 bits per heavy atom. The second-order valence-corrected chi connectivity index (χ2v) is 8.56. The van der Waals surface area contributed by atoms with Crippen molar-refractivity contribution in [1.29, 1.82) is 0 Å². The molecule has 0 bridgehead atoms. The summed E-state index contributed by atoms with van der Waals surface area (Å²) in [5.74, 6) is 1.41. The number of benzene rings is 2. The van der Waals surface area contributed by atoms with Gasteiger partial charge in [-0.25, -0.2) is 0 Å². The van der Waals surface area contributed by atoms with Gasteiger partial charge in [-0.1, -0.05) is 18.2 Å². The topological polar surface area (TPSA) is 51.5 Å². The minimum atomic E-state index is -0.166. The Hall–Kier alpha value is -3.84. The molecular formula is C27H26N4O2S. The summed E-state index contributed by atoms with van der Waals surface area (Å²) in [6, 6.07) is 24.1. The number of pyridine rings is 1. The summed E-state index contributed by atoms with van der Waals surface area (Å²) in [5.41, 5.74) is 5.17. The van der Waals surface area contributed by atoms with Gasteiger partial charge in [0.05, 0.1) is 31.6 Å². The van der Waals surface area contributed by atoms with Gasteiger partial charge in [-0.15, -0.1) is 0 Å². The summed E-state index contributed by atoms with van der Waals surface area (Å²) in [4.78, 5) is 6.78. The van der Waals surface area contributed by atoms with Crippen LogP contribution in [0, 0.1) is 6.92 Å². The molecule has 0 saturated carbocycles. The third kappa shape index (κ3) is 3.88. The van der Waals surface area contributed by atoms with E-state index in [1.54, 1.807) is 14.2 Å². The minimum Gasteiger partial charge on any atom is -0.497 e. The fourth-order valence-corrected chi connectivity index (χ4v) is 4.89. The molecule has 1 saturated heterocycles. The average Bonchev–Trinajstić information content (AvgIpc) is 3.48. The van der Waals surface area contributed by atoms with Crippen LogP contribution >= 0.6 is 12.2 Å². The molecule has 3 heterocycles. The second kappa shape index (κ2) is 9.19. The number of rotatable bonds is 6. The van der Waals surface area contributed by atoms with E-state index in [0.29, 0.717) is 10.9 Å². The minimum absolute atomic E-state index is 0.154. The van der Waals surface area contributed by atoms with Crippen LogP contribution in [0.2, 0.25) is 0 Å². The maximum Gasteiger partial charge on any atom is 0.174 e. The van der Waals surface area contributed by atoms with Gasteiger partial charge in [0.15, 0.2) is 5.11 Å². The third-order valence-electron chi connectivity index (χ3n) is 6.11. The number of aryl methyl sites for hydroxylation is 1. The van der Waals surface area contributed by atoms with Crippen LogP contribution in [0.3, 0.4) is 0 Å². The SMILES string of the molecule is COc1ccc(N2C(=S)NC(c3ccccn3)C2c2cccn2-c2cccc(C)c2)c(OC)c1. The molecule has 0 amide bonds. The van der Waals surface area contributed by atoms with Crippen molar-refractivity contribution in [2.45, 2.75) is 19.0 Å². The monoisotopic (exact) mass is 470 g/mol. The lowest BCUT2D eigenvalue weighted by molar-refractivity contribution is 0.394. The molecule has 0 radical (unpaired) electrons. The summed E-state index contributed by atoms with van der Waals surface area (Å²) in [6.45, 7) is 2.10. The Labute approximate surface area is 204 Å². The van der Waals surface area contributed by atoms with E-state index in [1.165, 1.54) is 5.56 Å². The normalized spacial score (nSPS) is 17.5. The number of nitrogens with one attached hydrogen (secondary N) is 1. The Balaban J connectivity index is 1.69. The van der Waals surface area contributed by atoms with Gasteiger partial charge in [-0.05, 0) is 73.2 Å². The maximum absolute atomic E-state index is 5.89. The van der Waals surface area contributed by atoms with E-state index < -0.39 is 0 Å². The van der Waals surface area contributed by atoms with Crippen molar-refractivity contribution < 1.29 is 9.47 Å². The highest BCUT2D eigenvalue weighted by Crippen LogP contribution is 2.45. The first kappa shape index (κ1) is 22.0. The van der Waals surface area contributed by atoms with Crippen molar-refractivity contribution in [3.63, 3.8) is 0 Å². The zero-order chi connectivity index (χ0) is 23.7. The van der Waals surface area contributed by atoms with Crippen molar-refractivity contribution in [3.05, 3.63) is 102 Å². The number of hydrogen-bond acceptors (Lipinski definition) is 4. The van der Waals surface area contributed by atoms with E-state index in [0.717, 1.165) is 28.5 Å². The zero-order valence-corrected chi connectivity index (χ0v) is 20.1. The largest absolute Gasteiger partial charge is 0.497 e. The second-order valence-electron chi connectivity index (χ2n) is 8.18. The molecule has 172 valence electrons. The first-order valence-electron chi connectivity index (χ1n) is 11.1. The lowest BCUT2D eigenvalue weighted by atomic mass is 10.0. The van der Waals surface area contributed by atoms with Gasteiger partial charge in [0.2, 0.25) is 0 Å². The van der Waals surface area contributed by atoms with Crippen molar-refractivity contribution in [2.75, 3.05) is 19.1 Å². The summed E-state index contributed by atoms with van der Waals surface area (Å²) in [7, 11) is 3.30. The summed E-state index contributed by atoms with van der Waals surface area (Å²) in [6.07, 6.45) is 3.90. The first-order valence-corrected chi connectivity index (χ1v) is 11.5. The molecule has 1 aliphatic heterocycles. The molecule has 2 unspecified atom stereocenters. The number of nitrogens with zero attached hydrogens (tertiary/aromatic N) is 3. The molecule has 7 heteroatoms. The number of aromatic nitrogens is 2. The van der Waals surface area contributed by atoms with E-state index in [1.807, 2.05) is 42.6 Å². The lowest BCUT2D eigenvalue weighted by Crippen LogP contribution is -2.30. The van der Waals surface area contributed by atoms with Gasteiger partial charge in [0.1, 0.15) is 17.5 Å². The number of ether oxygens (including phenoxy) is 2. The van der Waals surface area contributed by atoms with Crippen molar-refractivity contribution >= 4 is 23.0 Å². The zero-order valence-electron chi connectivity index (χ0n) is 19.3. The van der Waals surface area contributed by atoms with Gasteiger partial charge >= 0.3 is 0 Å². The number of anilines is 1. The molecule has 1 aliphatic rings. The Bertz CT molecular complexity index is 1320. The van der Waals surface area contributed by atoms with Crippen molar-refractivity contribution in [2.24, 2.45) is 0 Å². The van der Waals surface area contributed by atoms with Gasteiger partial charge in [-0.3, -0.25) is 4.98 Å². The van der Waals surface area contributed by atoms with Gasteiger partial charge in [0.25, 0.3) is 0 Å². The van der Waals surface area contributed by atoms with Crippen molar-refractivity contribution in [3.8, 4) is 17.2 Å². The predicted molar refractivity (Wildman–Crippen MR) is 138 cm³/mol. The van der Waals surface area contributed by atoms with Crippen LogP contribution in [0.1, 0.15) is 29.0 Å². The highest BCUT2D eigenvalue weighted by atomic mass is 32.1. The Morgan fingerprint density at radius 3 is 2.56 bits per heavy atom. The number of thiocarbonyl (C=S) groups is 1. The highest BCUT2D eigenvalue weighted by molar-refractivity contribution is 7.80. The molecule has 1 fully saturated rings. The molecular weight excluding hydrogens is 444 g/mol. The van der Waals surface area contributed by atoms with Crippen LogP contribution in [0.15, 0.2) is 85.2 Å². The average molecular weight is 471 g/mol. The van der Waals surface area contributed by atoms with Gasteiger partial charge in [0, 0.05) is 29.8 Å². The molecule has 0 aliphatic carbocycles. The number of hydrogen-bond donors (Lipinski definition) is 1. The molecule has 6 nitrogen and oxygen atoms in total. The van der Waals surface area contributed by atoms with Crippen LogP contribution in [0.5, 0.6) is 11.5 Å². The number of methoxy groups -OCH3 is 2. The molecule has 2 atom stereocenters. The van der Waals surface area contributed by atoms with E-state index in [2.05, 4.69) is 69.3 Å².